The SMILES string of the molecule is CCOCC(=O)c1ccc(OCC(C)O)c2ccccc12. The molecule has 0 fully saturated rings. The molecule has 112 valence electrons. The zero-order valence-electron chi connectivity index (χ0n) is 12.3. The molecule has 0 aliphatic heterocycles. The highest BCUT2D eigenvalue weighted by molar-refractivity contribution is 6.10. The quantitative estimate of drug-likeness (QED) is 0.796. The second-order valence-corrected chi connectivity index (χ2v) is 4.88. The first kappa shape index (κ1) is 15.5. The highest BCUT2D eigenvalue weighted by atomic mass is 16.5. The molecule has 0 saturated heterocycles. The van der Waals surface area contributed by atoms with Crippen LogP contribution in [-0.2, 0) is 4.74 Å². The summed E-state index contributed by atoms with van der Waals surface area (Å²) in [6, 6.07) is 11.1. The number of hydrogen-bond acceptors (Lipinski definition) is 4. The number of ether oxygens (including phenoxy) is 2. The summed E-state index contributed by atoms with van der Waals surface area (Å²) < 4.78 is 10.8. The normalized spacial score (nSPS) is 12.3. The summed E-state index contributed by atoms with van der Waals surface area (Å²) in [5.74, 6) is 0.620. The van der Waals surface area contributed by atoms with Gasteiger partial charge in [-0.15, -0.1) is 0 Å². The largest absolute Gasteiger partial charge is 0.490 e. The number of Topliss-reactive ketones (excluding diaryl/α,β-unsaturated/α-hetero) is 1. The van der Waals surface area contributed by atoms with E-state index in [0.29, 0.717) is 17.9 Å². The van der Waals surface area contributed by atoms with Crippen LogP contribution in [0.15, 0.2) is 36.4 Å². The zero-order valence-corrected chi connectivity index (χ0v) is 12.3. The maximum atomic E-state index is 12.2. The lowest BCUT2D eigenvalue weighted by atomic mass is 10.0. The fraction of sp³-hybridized carbons (Fsp3) is 0.353. The van der Waals surface area contributed by atoms with Crippen molar-refractivity contribution in [3.05, 3.63) is 42.0 Å². The fourth-order valence-electron chi connectivity index (χ4n) is 2.12. The topological polar surface area (TPSA) is 55.8 Å². The third-order valence-corrected chi connectivity index (χ3v) is 3.10. The molecule has 0 spiro atoms. The molecule has 0 aromatic heterocycles. The van der Waals surface area contributed by atoms with Crippen molar-refractivity contribution in [1.82, 2.24) is 0 Å². The van der Waals surface area contributed by atoms with Crippen molar-refractivity contribution in [2.24, 2.45) is 0 Å². The number of ketones is 1. The second-order valence-electron chi connectivity index (χ2n) is 4.88. The summed E-state index contributed by atoms with van der Waals surface area (Å²) in [4.78, 5) is 12.2. The molecule has 1 unspecified atom stereocenters. The van der Waals surface area contributed by atoms with Crippen molar-refractivity contribution in [1.29, 1.82) is 0 Å². The van der Waals surface area contributed by atoms with Crippen LogP contribution in [0.4, 0.5) is 0 Å². The Labute approximate surface area is 124 Å². The molecule has 0 heterocycles. The number of carbonyl (C=O) groups is 1. The van der Waals surface area contributed by atoms with Crippen molar-refractivity contribution < 1.29 is 19.4 Å². The molecule has 0 aliphatic rings. The van der Waals surface area contributed by atoms with Crippen LogP contribution in [0.1, 0.15) is 24.2 Å². The Bertz CT molecular complexity index is 619. The molecule has 2 aromatic rings. The molecule has 2 rings (SSSR count). The smallest absolute Gasteiger partial charge is 0.189 e. The van der Waals surface area contributed by atoms with Gasteiger partial charge in [0.2, 0.25) is 0 Å². The molecule has 4 heteroatoms. The van der Waals surface area contributed by atoms with Crippen molar-refractivity contribution in [3.8, 4) is 5.75 Å². The number of fused-ring (bicyclic) bond motifs is 1. The average molecular weight is 288 g/mol. The Morgan fingerprint density at radius 3 is 2.57 bits per heavy atom. The molecule has 0 bridgehead atoms. The van der Waals surface area contributed by atoms with Gasteiger partial charge in [0, 0.05) is 17.6 Å². The van der Waals surface area contributed by atoms with Gasteiger partial charge in [-0.1, -0.05) is 24.3 Å². The summed E-state index contributed by atoms with van der Waals surface area (Å²) in [7, 11) is 0. The first-order chi connectivity index (χ1) is 10.1. The minimum Gasteiger partial charge on any atom is -0.490 e. The molecule has 2 aromatic carbocycles. The van der Waals surface area contributed by atoms with Gasteiger partial charge in [-0.2, -0.15) is 0 Å². The molecular formula is C17H20O4. The lowest BCUT2D eigenvalue weighted by Gasteiger charge is -2.13. The van der Waals surface area contributed by atoms with Crippen molar-refractivity contribution in [3.63, 3.8) is 0 Å². The number of aliphatic hydroxyl groups is 1. The van der Waals surface area contributed by atoms with E-state index in [0.717, 1.165) is 10.8 Å². The molecule has 0 saturated carbocycles. The van der Waals surface area contributed by atoms with Gasteiger partial charge in [-0.05, 0) is 31.4 Å². The van der Waals surface area contributed by atoms with E-state index in [-0.39, 0.29) is 19.0 Å². The Kier molecular flexibility index (Phi) is 5.31. The van der Waals surface area contributed by atoms with Gasteiger partial charge in [0.1, 0.15) is 19.0 Å². The monoisotopic (exact) mass is 288 g/mol. The summed E-state index contributed by atoms with van der Waals surface area (Å²) in [6.07, 6.45) is -0.539. The van der Waals surface area contributed by atoms with Gasteiger partial charge in [0.05, 0.1) is 6.10 Å². The fourth-order valence-corrected chi connectivity index (χ4v) is 2.12. The van der Waals surface area contributed by atoms with Crippen LogP contribution in [0, 0.1) is 0 Å². The zero-order chi connectivity index (χ0) is 15.2. The van der Waals surface area contributed by atoms with E-state index < -0.39 is 6.10 Å². The predicted octanol–water partition coefficient (Wildman–Crippen LogP) is 2.82. The van der Waals surface area contributed by atoms with E-state index in [1.54, 1.807) is 19.1 Å². The molecule has 0 aliphatic carbocycles. The third kappa shape index (κ3) is 3.80. The number of aliphatic hydroxyl groups excluding tert-OH is 1. The summed E-state index contributed by atoms with van der Waals surface area (Å²) in [6.45, 7) is 4.34. The molecule has 1 atom stereocenters. The van der Waals surface area contributed by atoms with E-state index in [1.807, 2.05) is 31.2 Å². The van der Waals surface area contributed by atoms with Crippen LogP contribution in [0.3, 0.4) is 0 Å². The van der Waals surface area contributed by atoms with Gasteiger partial charge in [0.25, 0.3) is 0 Å². The molecule has 0 amide bonds. The number of hydrogen-bond donors (Lipinski definition) is 1. The third-order valence-electron chi connectivity index (χ3n) is 3.10. The number of rotatable bonds is 7. The van der Waals surface area contributed by atoms with Gasteiger partial charge >= 0.3 is 0 Å². The lowest BCUT2D eigenvalue weighted by Crippen LogP contribution is -2.13. The molecule has 0 radical (unpaired) electrons. The van der Waals surface area contributed by atoms with Crippen molar-refractivity contribution >= 4 is 16.6 Å². The second kappa shape index (κ2) is 7.20. The molecular weight excluding hydrogens is 268 g/mol. The maximum absolute atomic E-state index is 12.2. The van der Waals surface area contributed by atoms with Crippen LogP contribution >= 0.6 is 0 Å². The summed E-state index contributed by atoms with van der Waals surface area (Å²) in [5, 5.41) is 11.0. The Hall–Kier alpha value is -1.91. The number of benzene rings is 2. The van der Waals surface area contributed by atoms with Crippen molar-refractivity contribution in [2.45, 2.75) is 20.0 Å². The Morgan fingerprint density at radius 2 is 1.90 bits per heavy atom. The van der Waals surface area contributed by atoms with Crippen molar-refractivity contribution in [2.75, 3.05) is 19.8 Å². The van der Waals surface area contributed by atoms with Crippen LogP contribution < -0.4 is 4.74 Å². The van der Waals surface area contributed by atoms with Gasteiger partial charge in [-0.25, -0.2) is 0 Å². The average Bonchev–Trinajstić information content (AvgIpc) is 2.50. The molecule has 21 heavy (non-hydrogen) atoms. The van der Waals surface area contributed by atoms with Crippen LogP contribution in [-0.4, -0.2) is 36.8 Å². The van der Waals surface area contributed by atoms with E-state index >= 15 is 0 Å². The standard InChI is InChI=1S/C17H20O4/c1-3-20-11-16(19)14-8-9-17(21-10-12(2)18)15-7-5-4-6-13(14)15/h4-9,12,18H,3,10-11H2,1-2H3. The predicted molar refractivity (Wildman–Crippen MR) is 81.9 cm³/mol. The van der Waals surface area contributed by atoms with Crippen LogP contribution in [0.2, 0.25) is 0 Å². The Balaban J connectivity index is 2.37. The minimum atomic E-state index is -0.539. The van der Waals surface area contributed by atoms with E-state index in [1.165, 1.54) is 0 Å². The number of carbonyl (C=O) groups excluding carboxylic acids is 1. The van der Waals surface area contributed by atoms with E-state index in [2.05, 4.69) is 0 Å². The van der Waals surface area contributed by atoms with Gasteiger partial charge < -0.3 is 14.6 Å². The van der Waals surface area contributed by atoms with Crippen LogP contribution in [0.5, 0.6) is 5.75 Å². The van der Waals surface area contributed by atoms with Gasteiger partial charge in [-0.3, -0.25) is 4.79 Å². The highest BCUT2D eigenvalue weighted by Gasteiger charge is 2.13. The first-order valence-corrected chi connectivity index (χ1v) is 7.07. The highest BCUT2D eigenvalue weighted by Crippen LogP contribution is 2.29. The first-order valence-electron chi connectivity index (χ1n) is 7.07. The summed E-state index contributed by atoms with van der Waals surface area (Å²) in [5.41, 5.74) is 0.628. The minimum absolute atomic E-state index is 0.0462. The lowest BCUT2D eigenvalue weighted by molar-refractivity contribution is 0.0785. The van der Waals surface area contributed by atoms with E-state index in [4.69, 9.17) is 9.47 Å². The maximum Gasteiger partial charge on any atom is 0.189 e. The van der Waals surface area contributed by atoms with Crippen LogP contribution in [0.25, 0.3) is 10.8 Å². The Morgan fingerprint density at radius 1 is 1.19 bits per heavy atom. The molecule has 1 N–H and O–H groups in total. The van der Waals surface area contributed by atoms with E-state index in [9.17, 15) is 9.90 Å². The molecule has 4 nitrogen and oxygen atoms in total. The summed E-state index contributed by atoms with van der Waals surface area (Å²) >= 11 is 0. The van der Waals surface area contributed by atoms with Gasteiger partial charge in [0.15, 0.2) is 5.78 Å².